The van der Waals surface area contributed by atoms with Crippen LogP contribution in [-0.2, 0) is 0 Å². The Kier molecular flexibility index (Phi) is 7.35. The molecule has 3 aromatic carbocycles. The molecule has 0 radical (unpaired) electrons. The number of oxazole rings is 1. The first kappa shape index (κ1) is 25.6. The Labute approximate surface area is 217 Å². The molecular weight excluding hydrogens is 496 g/mol. The summed E-state index contributed by atoms with van der Waals surface area (Å²) in [4.78, 5) is 27.9. The zero-order chi connectivity index (χ0) is 26.7. The number of rotatable bonds is 7. The Hall–Kier alpha value is -4.51. The second kappa shape index (κ2) is 10.6. The molecule has 0 unspecified atom stereocenters. The van der Waals surface area contributed by atoms with Gasteiger partial charge in [0.05, 0.1) is 24.8 Å². The maximum Gasteiger partial charge on any atom is 0.311 e. The largest absolute Gasteiger partial charge is 0.495 e. The van der Waals surface area contributed by atoms with E-state index >= 15 is 0 Å². The molecule has 4 rings (SSSR count). The van der Waals surface area contributed by atoms with E-state index in [1.807, 2.05) is 18.2 Å². The summed E-state index contributed by atoms with van der Waals surface area (Å²) >= 11 is 5.31. The van der Waals surface area contributed by atoms with Crippen molar-refractivity contribution in [1.82, 2.24) is 10.3 Å². The van der Waals surface area contributed by atoms with Crippen LogP contribution in [0.1, 0.15) is 35.7 Å². The fourth-order valence-electron chi connectivity index (χ4n) is 3.67. The predicted molar refractivity (Wildman–Crippen MR) is 143 cm³/mol. The highest BCUT2D eigenvalue weighted by atomic mass is 32.1. The van der Waals surface area contributed by atoms with Crippen molar-refractivity contribution in [3.05, 3.63) is 75.8 Å². The van der Waals surface area contributed by atoms with Crippen LogP contribution < -0.4 is 20.1 Å². The number of aromatic nitrogens is 1. The molecule has 0 saturated heterocycles. The molecule has 1 amide bonds. The molecule has 10 nitrogen and oxygen atoms in total. The zero-order valence-electron chi connectivity index (χ0n) is 20.5. The highest BCUT2D eigenvalue weighted by Crippen LogP contribution is 2.33. The Bertz CT molecular complexity index is 1510. The van der Waals surface area contributed by atoms with Crippen molar-refractivity contribution < 1.29 is 23.6 Å². The number of nitro groups is 1. The van der Waals surface area contributed by atoms with Gasteiger partial charge in [-0.2, -0.15) is 0 Å². The summed E-state index contributed by atoms with van der Waals surface area (Å²) in [5.41, 5.74) is 3.44. The zero-order valence-corrected chi connectivity index (χ0v) is 21.3. The smallest absolute Gasteiger partial charge is 0.311 e. The first-order valence-electron chi connectivity index (χ1n) is 11.2. The number of carbonyl (C=O) groups excluding carboxylic acids is 1. The van der Waals surface area contributed by atoms with Crippen LogP contribution in [0.5, 0.6) is 11.5 Å². The number of nitrogens with zero attached hydrogens (tertiary/aromatic N) is 2. The average molecular weight is 521 g/mol. The molecule has 0 aliphatic rings. The van der Waals surface area contributed by atoms with Gasteiger partial charge >= 0.3 is 5.69 Å². The number of benzene rings is 3. The van der Waals surface area contributed by atoms with Gasteiger partial charge in [0, 0.05) is 17.2 Å². The number of hydrogen-bond donors (Lipinski definition) is 2. The molecule has 0 spiro atoms. The van der Waals surface area contributed by atoms with Crippen LogP contribution in [0.15, 0.2) is 59.0 Å². The molecule has 1 aromatic heterocycles. The number of fused-ring (bicyclic) bond motifs is 1. The number of ether oxygens (including phenoxy) is 2. The van der Waals surface area contributed by atoms with Crippen LogP contribution in [0.4, 0.5) is 11.4 Å². The molecule has 0 fully saturated rings. The number of nitro benzene ring substituents is 1. The maximum absolute atomic E-state index is 12.7. The van der Waals surface area contributed by atoms with Gasteiger partial charge in [-0.25, -0.2) is 4.98 Å². The van der Waals surface area contributed by atoms with Gasteiger partial charge in [0.25, 0.3) is 5.91 Å². The quantitative estimate of drug-likeness (QED) is 0.180. The number of carbonyl (C=O) groups is 1. The van der Waals surface area contributed by atoms with Crippen molar-refractivity contribution in [3.8, 4) is 23.0 Å². The van der Waals surface area contributed by atoms with E-state index in [0.717, 1.165) is 17.1 Å². The van der Waals surface area contributed by atoms with Crippen LogP contribution in [0, 0.1) is 10.1 Å². The highest BCUT2D eigenvalue weighted by molar-refractivity contribution is 7.80. The molecule has 4 aromatic rings. The van der Waals surface area contributed by atoms with Crippen molar-refractivity contribution in [1.29, 1.82) is 0 Å². The van der Waals surface area contributed by atoms with E-state index in [2.05, 4.69) is 29.5 Å². The standard InChI is InChI=1S/C26H24N4O6S/c1-14(2)15-5-9-22-19(11-15)27-25(36-22)17-7-8-21(34-3)18(12-17)28-26(37)29-24(31)16-6-10-23(35-4)20(13-16)30(32)33/h5-14H,1-4H3,(H2,28,29,31,37). The molecule has 37 heavy (non-hydrogen) atoms. The monoisotopic (exact) mass is 520 g/mol. The fourth-order valence-corrected chi connectivity index (χ4v) is 3.87. The van der Waals surface area contributed by atoms with Gasteiger partial charge in [-0.3, -0.25) is 20.2 Å². The summed E-state index contributed by atoms with van der Waals surface area (Å²) in [7, 11) is 2.82. The normalized spacial score (nSPS) is 10.8. The van der Waals surface area contributed by atoms with E-state index < -0.39 is 10.8 Å². The summed E-state index contributed by atoms with van der Waals surface area (Å²) in [5, 5.41) is 16.7. The molecule has 0 saturated carbocycles. The number of hydrogen-bond acceptors (Lipinski definition) is 8. The second-order valence-corrected chi connectivity index (χ2v) is 8.78. The van der Waals surface area contributed by atoms with Gasteiger partial charge in [-0.1, -0.05) is 19.9 Å². The Balaban J connectivity index is 1.55. The van der Waals surface area contributed by atoms with Crippen LogP contribution >= 0.6 is 12.2 Å². The molecule has 11 heteroatoms. The average Bonchev–Trinajstić information content (AvgIpc) is 3.31. The minimum atomic E-state index is -0.627. The summed E-state index contributed by atoms with van der Waals surface area (Å²) in [5.74, 6) is 0.670. The summed E-state index contributed by atoms with van der Waals surface area (Å²) < 4.78 is 16.3. The number of anilines is 1. The Morgan fingerprint density at radius 3 is 2.46 bits per heavy atom. The van der Waals surface area contributed by atoms with Gasteiger partial charge in [0.15, 0.2) is 16.4 Å². The van der Waals surface area contributed by atoms with Crippen molar-refractivity contribution in [3.63, 3.8) is 0 Å². The maximum atomic E-state index is 12.7. The lowest BCUT2D eigenvalue weighted by Gasteiger charge is -2.14. The van der Waals surface area contributed by atoms with Crippen LogP contribution in [-0.4, -0.2) is 35.1 Å². The van der Waals surface area contributed by atoms with E-state index in [1.165, 1.54) is 26.4 Å². The Morgan fingerprint density at radius 2 is 1.78 bits per heavy atom. The minimum Gasteiger partial charge on any atom is -0.495 e. The predicted octanol–water partition coefficient (Wildman–Crippen LogP) is 5.67. The van der Waals surface area contributed by atoms with Crippen LogP contribution in [0.3, 0.4) is 0 Å². The summed E-state index contributed by atoms with van der Waals surface area (Å²) in [6, 6.07) is 15.1. The fraction of sp³-hybridized carbons (Fsp3) is 0.192. The highest BCUT2D eigenvalue weighted by Gasteiger charge is 2.19. The van der Waals surface area contributed by atoms with E-state index in [0.29, 0.717) is 34.4 Å². The molecule has 0 atom stereocenters. The van der Waals surface area contributed by atoms with Gasteiger partial charge < -0.3 is 19.2 Å². The molecule has 0 bridgehead atoms. The van der Waals surface area contributed by atoms with Gasteiger partial charge in [0.2, 0.25) is 5.89 Å². The SMILES string of the molecule is COc1ccc(-c2nc3cc(C(C)C)ccc3o2)cc1NC(=S)NC(=O)c1ccc(OC)c([N+](=O)[O-])c1. The number of methoxy groups -OCH3 is 2. The molecular formula is C26H24N4O6S. The molecule has 1 heterocycles. The molecule has 2 N–H and O–H groups in total. The summed E-state index contributed by atoms with van der Waals surface area (Å²) in [6.45, 7) is 4.22. The molecule has 0 aliphatic carbocycles. The van der Waals surface area contributed by atoms with Gasteiger partial charge in [-0.05, 0) is 66.2 Å². The molecule has 0 aliphatic heterocycles. The lowest BCUT2D eigenvalue weighted by molar-refractivity contribution is -0.385. The first-order chi connectivity index (χ1) is 17.7. The van der Waals surface area contributed by atoms with Crippen molar-refractivity contribution in [2.24, 2.45) is 0 Å². The van der Waals surface area contributed by atoms with Crippen LogP contribution in [0.25, 0.3) is 22.6 Å². The third-order valence-electron chi connectivity index (χ3n) is 5.64. The summed E-state index contributed by atoms with van der Waals surface area (Å²) in [6.07, 6.45) is 0. The minimum absolute atomic E-state index is 0.0296. The first-order valence-corrected chi connectivity index (χ1v) is 11.6. The third-order valence-corrected chi connectivity index (χ3v) is 5.84. The lowest BCUT2D eigenvalue weighted by Crippen LogP contribution is -2.34. The molecule has 190 valence electrons. The van der Waals surface area contributed by atoms with E-state index in [4.69, 9.17) is 26.1 Å². The van der Waals surface area contributed by atoms with E-state index in [1.54, 1.807) is 18.2 Å². The van der Waals surface area contributed by atoms with E-state index in [9.17, 15) is 14.9 Å². The van der Waals surface area contributed by atoms with Crippen LogP contribution in [0.2, 0.25) is 0 Å². The lowest BCUT2D eigenvalue weighted by atomic mass is 10.0. The second-order valence-electron chi connectivity index (χ2n) is 8.37. The number of amides is 1. The third kappa shape index (κ3) is 5.51. The van der Waals surface area contributed by atoms with Crippen molar-refractivity contribution in [2.45, 2.75) is 19.8 Å². The van der Waals surface area contributed by atoms with Crippen molar-refractivity contribution in [2.75, 3.05) is 19.5 Å². The van der Waals surface area contributed by atoms with Gasteiger partial charge in [-0.15, -0.1) is 0 Å². The van der Waals surface area contributed by atoms with E-state index in [-0.39, 0.29) is 22.1 Å². The Morgan fingerprint density at radius 1 is 1.05 bits per heavy atom. The number of thiocarbonyl (C=S) groups is 1. The number of nitrogens with one attached hydrogen (secondary N) is 2. The van der Waals surface area contributed by atoms with Gasteiger partial charge in [0.1, 0.15) is 11.3 Å². The topological polar surface area (TPSA) is 129 Å². The van der Waals surface area contributed by atoms with Crippen molar-refractivity contribution >= 4 is 45.7 Å².